The highest BCUT2D eigenvalue weighted by molar-refractivity contribution is 7.20. The molecule has 144 valence electrons. The minimum atomic E-state index is -0.648. The van der Waals surface area contributed by atoms with Crippen molar-refractivity contribution in [3.63, 3.8) is 0 Å². The molecule has 2 heterocycles. The van der Waals surface area contributed by atoms with Crippen LogP contribution in [0.25, 0.3) is 10.1 Å². The van der Waals surface area contributed by atoms with Gasteiger partial charge >= 0.3 is 11.9 Å². The zero-order valence-electron chi connectivity index (χ0n) is 14.9. The molecule has 6 nitrogen and oxygen atoms in total. The summed E-state index contributed by atoms with van der Waals surface area (Å²) in [6.45, 7) is 2.58. The maximum absolute atomic E-state index is 13.7. The molecule has 0 aliphatic carbocycles. The highest BCUT2D eigenvalue weighted by Crippen LogP contribution is 2.28. The van der Waals surface area contributed by atoms with Crippen LogP contribution < -0.4 is 0 Å². The van der Waals surface area contributed by atoms with Crippen LogP contribution in [0.2, 0.25) is 0 Å². The van der Waals surface area contributed by atoms with Crippen molar-refractivity contribution < 1.29 is 28.2 Å². The van der Waals surface area contributed by atoms with E-state index in [1.54, 1.807) is 24.0 Å². The summed E-state index contributed by atoms with van der Waals surface area (Å²) in [6.07, 6.45) is 1.07. The van der Waals surface area contributed by atoms with E-state index in [1.807, 2.05) is 0 Å². The molecular formula is C19H20FNO5S. The van der Waals surface area contributed by atoms with Gasteiger partial charge in [0.15, 0.2) is 6.61 Å². The molecule has 1 aliphatic rings. The average molecular weight is 393 g/mol. The summed E-state index contributed by atoms with van der Waals surface area (Å²) in [5, 5.41) is 0.363. The smallest absolute Gasteiger partial charge is 0.348 e. The van der Waals surface area contributed by atoms with Gasteiger partial charge in [-0.15, -0.1) is 11.3 Å². The summed E-state index contributed by atoms with van der Waals surface area (Å²) in [6, 6.07) is 6.06. The molecule has 1 aromatic heterocycles. The number of hydrogen-bond acceptors (Lipinski definition) is 6. The van der Waals surface area contributed by atoms with Crippen LogP contribution in [0.4, 0.5) is 4.39 Å². The number of likely N-dealkylation sites (tertiary alicyclic amines) is 1. The zero-order chi connectivity index (χ0) is 19.4. The Kier molecular flexibility index (Phi) is 6.05. The molecule has 0 bridgehead atoms. The molecule has 1 aliphatic heterocycles. The largest absolute Gasteiger partial charge is 0.466 e. The molecule has 0 atom stereocenters. The van der Waals surface area contributed by atoms with Crippen molar-refractivity contribution in [1.82, 2.24) is 4.90 Å². The van der Waals surface area contributed by atoms with Crippen LogP contribution in [0.15, 0.2) is 24.3 Å². The maximum atomic E-state index is 13.7. The SMILES string of the molecule is CCOC(=O)C1CCN(C(=O)COC(=O)c2cc3c(F)cccc3s2)CC1. The molecule has 1 amide bonds. The van der Waals surface area contributed by atoms with Gasteiger partial charge in [0.05, 0.1) is 12.5 Å². The maximum Gasteiger partial charge on any atom is 0.348 e. The van der Waals surface area contributed by atoms with Gasteiger partial charge in [-0.1, -0.05) is 6.07 Å². The number of piperidine rings is 1. The van der Waals surface area contributed by atoms with E-state index in [9.17, 15) is 18.8 Å². The Morgan fingerprint density at radius 3 is 2.63 bits per heavy atom. The standard InChI is InChI=1S/C19H20FNO5S/c1-2-25-18(23)12-6-8-21(9-7-12)17(22)11-26-19(24)16-10-13-14(20)4-3-5-15(13)27-16/h3-5,10,12H,2,6-9,11H2,1H3. The lowest BCUT2D eigenvalue weighted by Crippen LogP contribution is -2.42. The molecule has 27 heavy (non-hydrogen) atoms. The van der Waals surface area contributed by atoms with Crippen LogP contribution in [-0.2, 0) is 19.1 Å². The van der Waals surface area contributed by atoms with Crippen LogP contribution in [0.1, 0.15) is 29.4 Å². The fourth-order valence-electron chi connectivity index (χ4n) is 3.04. The van der Waals surface area contributed by atoms with Gasteiger partial charge in [0.1, 0.15) is 10.7 Å². The molecule has 0 saturated carbocycles. The Bertz CT molecular complexity index is 857. The number of hydrogen-bond donors (Lipinski definition) is 0. The third-order valence-corrected chi connectivity index (χ3v) is 5.58. The predicted molar refractivity (Wildman–Crippen MR) is 98.0 cm³/mol. The molecule has 2 aromatic rings. The van der Waals surface area contributed by atoms with E-state index in [2.05, 4.69) is 0 Å². The molecule has 0 radical (unpaired) electrons. The average Bonchev–Trinajstić information content (AvgIpc) is 3.12. The topological polar surface area (TPSA) is 72.9 Å². The minimum Gasteiger partial charge on any atom is -0.466 e. The van der Waals surface area contributed by atoms with Gasteiger partial charge in [0, 0.05) is 23.2 Å². The summed E-state index contributed by atoms with van der Waals surface area (Å²) in [5.41, 5.74) is 0. The Morgan fingerprint density at radius 2 is 1.96 bits per heavy atom. The van der Waals surface area contributed by atoms with E-state index in [0.717, 1.165) is 11.3 Å². The zero-order valence-corrected chi connectivity index (χ0v) is 15.7. The summed E-state index contributed by atoms with van der Waals surface area (Å²) >= 11 is 1.12. The van der Waals surface area contributed by atoms with Crippen molar-refractivity contribution in [2.45, 2.75) is 19.8 Å². The number of thiophene rings is 1. The Morgan fingerprint density at radius 1 is 1.22 bits per heavy atom. The van der Waals surface area contributed by atoms with Gasteiger partial charge in [-0.25, -0.2) is 9.18 Å². The highest BCUT2D eigenvalue weighted by atomic mass is 32.1. The molecule has 0 spiro atoms. The number of carbonyl (C=O) groups is 3. The van der Waals surface area contributed by atoms with E-state index in [4.69, 9.17) is 9.47 Å². The first kappa shape index (κ1) is 19.3. The van der Waals surface area contributed by atoms with Gasteiger partial charge in [-0.3, -0.25) is 9.59 Å². The highest BCUT2D eigenvalue weighted by Gasteiger charge is 2.28. The van der Waals surface area contributed by atoms with Gasteiger partial charge in [0.2, 0.25) is 0 Å². The van der Waals surface area contributed by atoms with Crippen molar-refractivity contribution in [2.75, 3.05) is 26.3 Å². The van der Waals surface area contributed by atoms with Crippen LogP contribution in [-0.4, -0.2) is 49.0 Å². The number of amides is 1. The third kappa shape index (κ3) is 4.44. The molecule has 8 heteroatoms. The number of ether oxygens (including phenoxy) is 2. The van der Waals surface area contributed by atoms with E-state index >= 15 is 0 Å². The van der Waals surface area contributed by atoms with Gasteiger partial charge < -0.3 is 14.4 Å². The number of benzene rings is 1. The van der Waals surface area contributed by atoms with Crippen molar-refractivity contribution >= 4 is 39.3 Å². The lowest BCUT2D eigenvalue weighted by atomic mass is 9.97. The number of carbonyl (C=O) groups excluding carboxylic acids is 3. The van der Waals surface area contributed by atoms with Gasteiger partial charge in [-0.05, 0) is 38.0 Å². The lowest BCUT2D eigenvalue weighted by Gasteiger charge is -2.30. The van der Waals surface area contributed by atoms with Crippen molar-refractivity contribution in [1.29, 1.82) is 0 Å². The van der Waals surface area contributed by atoms with Crippen LogP contribution in [0.5, 0.6) is 0 Å². The second-order valence-electron chi connectivity index (χ2n) is 6.25. The first-order valence-corrected chi connectivity index (χ1v) is 9.60. The second-order valence-corrected chi connectivity index (χ2v) is 7.33. The van der Waals surface area contributed by atoms with E-state index < -0.39 is 11.8 Å². The van der Waals surface area contributed by atoms with E-state index in [-0.39, 0.29) is 29.3 Å². The van der Waals surface area contributed by atoms with Crippen LogP contribution in [0.3, 0.4) is 0 Å². The van der Waals surface area contributed by atoms with Crippen LogP contribution >= 0.6 is 11.3 Å². The number of halogens is 1. The first-order valence-electron chi connectivity index (χ1n) is 8.79. The normalized spacial score (nSPS) is 15.0. The number of nitrogens with zero attached hydrogens (tertiary/aromatic N) is 1. The number of esters is 2. The number of fused-ring (bicyclic) bond motifs is 1. The second kappa shape index (κ2) is 8.47. The fourth-order valence-corrected chi connectivity index (χ4v) is 4.01. The Hall–Kier alpha value is -2.48. The summed E-state index contributed by atoms with van der Waals surface area (Å²) < 4.78 is 24.5. The predicted octanol–water partition coefficient (Wildman–Crippen LogP) is 3.00. The van der Waals surface area contributed by atoms with E-state index in [0.29, 0.717) is 42.6 Å². The monoisotopic (exact) mass is 393 g/mol. The molecule has 1 aromatic carbocycles. The number of rotatable bonds is 5. The molecule has 1 fully saturated rings. The quantitative estimate of drug-likeness (QED) is 0.730. The molecule has 3 rings (SSSR count). The van der Waals surface area contributed by atoms with Gasteiger partial charge in [-0.2, -0.15) is 0 Å². The van der Waals surface area contributed by atoms with Gasteiger partial charge in [0.25, 0.3) is 5.91 Å². The molecule has 1 saturated heterocycles. The molecule has 0 unspecified atom stereocenters. The lowest BCUT2D eigenvalue weighted by molar-refractivity contribution is -0.151. The minimum absolute atomic E-state index is 0.190. The Balaban J connectivity index is 1.51. The van der Waals surface area contributed by atoms with E-state index in [1.165, 1.54) is 12.1 Å². The van der Waals surface area contributed by atoms with Crippen molar-refractivity contribution in [3.05, 3.63) is 35.0 Å². The molecule has 0 N–H and O–H groups in total. The Labute approximate surface area is 159 Å². The summed E-state index contributed by atoms with van der Waals surface area (Å²) in [7, 11) is 0. The first-order chi connectivity index (χ1) is 13.0. The molecular weight excluding hydrogens is 373 g/mol. The summed E-state index contributed by atoms with van der Waals surface area (Å²) in [4.78, 5) is 38.0. The summed E-state index contributed by atoms with van der Waals surface area (Å²) in [5.74, 6) is -1.77. The van der Waals surface area contributed by atoms with Crippen molar-refractivity contribution in [3.8, 4) is 0 Å². The van der Waals surface area contributed by atoms with Crippen molar-refractivity contribution in [2.24, 2.45) is 5.92 Å². The third-order valence-electron chi connectivity index (χ3n) is 4.50. The van der Waals surface area contributed by atoms with Crippen LogP contribution in [0, 0.1) is 11.7 Å². The fraction of sp³-hybridized carbons (Fsp3) is 0.421.